The highest BCUT2D eigenvalue weighted by Gasteiger charge is 2.31. The van der Waals surface area contributed by atoms with Crippen molar-refractivity contribution in [2.24, 2.45) is 11.8 Å². The van der Waals surface area contributed by atoms with E-state index in [9.17, 15) is 15.3 Å². The molecular formula is C17H36O4. The van der Waals surface area contributed by atoms with Gasteiger partial charge in [-0.25, -0.2) is 0 Å². The second-order valence-electron chi connectivity index (χ2n) is 6.73. The second-order valence-corrected chi connectivity index (χ2v) is 6.73. The second kappa shape index (κ2) is 10.5. The van der Waals surface area contributed by atoms with Gasteiger partial charge in [0.15, 0.2) is 0 Å². The first kappa shape index (κ1) is 20.8. The first-order valence-corrected chi connectivity index (χ1v) is 8.48. The minimum absolute atomic E-state index is 0.000699. The predicted octanol–water partition coefficient (Wildman–Crippen LogP) is 2.47. The van der Waals surface area contributed by atoms with Crippen LogP contribution in [0.3, 0.4) is 0 Å². The summed E-state index contributed by atoms with van der Waals surface area (Å²) in [4.78, 5) is 0. The summed E-state index contributed by atoms with van der Waals surface area (Å²) in [6.07, 6.45) is 3.85. The Morgan fingerprint density at radius 1 is 0.952 bits per heavy atom. The summed E-state index contributed by atoms with van der Waals surface area (Å²) in [7, 11) is 0. The molecule has 0 aliphatic rings. The first-order chi connectivity index (χ1) is 9.79. The minimum atomic E-state index is -0.842. The average Bonchev–Trinajstić information content (AvgIpc) is 2.43. The number of rotatable bonds is 12. The Hall–Kier alpha value is -0.160. The summed E-state index contributed by atoms with van der Waals surface area (Å²) in [5, 5.41) is 39.4. The molecule has 0 aromatic carbocycles. The van der Waals surface area contributed by atoms with Gasteiger partial charge in [0.2, 0.25) is 0 Å². The fourth-order valence-electron chi connectivity index (χ4n) is 3.14. The minimum Gasteiger partial charge on any atom is -0.396 e. The Bertz CT molecular complexity index is 255. The summed E-state index contributed by atoms with van der Waals surface area (Å²) in [6.45, 7) is 7.84. The molecule has 0 amide bonds. The van der Waals surface area contributed by atoms with Crippen LogP contribution in [0.2, 0.25) is 0 Å². The van der Waals surface area contributed by atoms with E-state index in [1.165, 1.54) is 0 Å². The summed E-state index contributed by atoms with van der Waals surface area (Å²) in [5.74, 6) is 0.295. The van der Waals surface area contributed by atoms with Gasteiger partial charge in [-0.2, -0.15) is 0 Å². The Morgan fingerprint density at radius 3 is 2.00 bits per heavy atom. The van der Waals surface area contributed by atoms with E-state index in [4.69, 9.17) is 5.11 Å². The number of aliphatic hydroxyl groups is 4. The number of hydrogen-bond acceptors (Lipinski definition) is 4. The van der Waals surface area contributed by atoms with Crippen LogP contribution in [-0.4, -0.2) is 44.8 Å². The third kappa shape index (κ3) is 8.77. The van der Waals surface area contributed by atoms with Gasteiger partial charge in [0.25, 0.3) is 0 Å². The van der Waals surface area contributed by atoms with E-state index in [0.29, 0.717) is 25.2 Å². The molecule has 0 aliphatic carbocycles. The van der Waals surface area contributed by atoms with Crippen molar-refractivity contribution in [1.29, 1.82) is 0 Å². The van der Waals surface area contributed by atoms with Gasteiger partial charge in [-0.05, 0) is 50.9 Å². The largest absolute Gasteiger partial charge is 0.396 e. The molecule has 21 heavy (non-hydrogen) atoms. The van der Waals surface area contributed by atoms with Gasteiger partial charge in [-0.15, -0.1) is 0 Å². The zero-order valence-corrected chi connectivity index (χ0v) is 14.3. The van der Waals surface area contributed by atoms with E-state index in [1.54, 1.807) is 0 Å². The zero-order chi connectivity index (χ0) is 16.5. The molecule has 0 bridgehead atoms. The zero-order valence-electron chi connectivity index (χ0n) is 14.3. The SMILES string of the molecule is CC[C@H](O)C[C@H](CC)C[C@](C)(O)C[C@@H](CC)[C@H](O)CCO. The molecule has 0 unspecified atom stereocenters. The van der Waals surface area contributed by atoms with Gasteiger partial charge >= 0.3 is 0 Å². The summed E-state index contributed by atoms with van der Waals surface area (Å²) in [6, 6.07) is 0. The van der Waals surface area contributed by atoms with Crippen LogP contribution in [-0.2, 0) is 0 Å². The van der Waals surface area contributed by atoms with Gasteiger partial charge in [0, 0.05) is 6.61 Å². The lowest BCUT2D eigenvalue weighted by Crippen LogP contribution is -2.35. The van der Waals surface area contributed by atoms with E-state index >= 15 is 0 Å². The molecule has 5 atom stereocenters. The topological polar surface area (TPSA) is 80.9 Å². The Labute approximate surface area is 130 Å². The van der Waals surface area contributed by atoms with Crippen LogP contribution >= 0.6 is 0 Å². The lowest BCUT2D eigenvalue weighted by atomic mass is 9.79. The highest BCUT2D eigenvalue weighted by Crippen LogP contribution is 2.31. The normalized spacial score (nSPS) is 20.6. The van der Waals surface area contributed by atoms with Gasteiger partial charge in [-0.3, -0.25) is 0 Å². The molecule has 0 fully saturated rings. The Morgan fingerprint density at radius 2 is 1.57 bits per heavy atom. The standard InChI is InChI=1S/C17H36O4/c1-5-13(10-15(19)7-3)11-17(4,21)12-14(6-2)16(20)8-9-18/h13-16,18-21H,5-12H2,1-4H3/t13-,14+,15-,16+,17-/m0/s1. The number of aliphatic hydroxyl groups excluding tert-OH is 3. The fourth-order valence-corrected chi connectivity index (χ4v) is 3.14. The van der Waals surface area contributed by atoms with Crippen LogP contribution in [0, 0.1) is 11.8 Å². The molecule has 128 valence electrons. The molecular weight excluding hydrogens is 268 g/mol. The Kier molecular flexibility index (Phi) is 10.5. The highest BCUT2D eigenvalue weighted by atomic mass is 16.3. The van der Waals surface area contributed by atoms with Crippen molar-refractivity contribution in [2.45, 2.75) is 90.4 Å². The van der Waals surface area contributed by atoms with Crippen molar-refractivity contribution in [3.8, 4) is 0 Å². The van der Waals surface area contributed by atoms with Crippen molar-refractivity contribution < 1.29 is 20.4 Å². The van der Waals surface area contributed by atoms with Gasteiger partial charge < -0.3 is 20.4 Å². The smallest absolute Gasteiger partial charge is 0.0626 e. The lowest BCUT2D eigenvalue weighted by Gasteiger charge is -2.33. The Balaban J connectivity index is 4.55. The molecule has 4 N–H and O–H groups in total. The molecule has 0 radical (unpaired) electrons. The monoisotopic (exact) mass is 304 g/mol. The van der Waals surface area contributed by atoms with Gasteiger partial charge in [0.1, 0.15) is 0 Å². The molecule has 0 aromatic heterocycles. The van der Waals surface area contributed by atoms with Crippen molar-refractivity contribution in [2.75, 3.05) is 6.61 Å². The maximum absolute atomic E-state index is 10.7. The van der Waals surface area contributed by atoms with Gasteiger partial charge in [-0.1, -0.05) is 33.6 Å². The summed E-state index contributed by atoms with van der Waals surface area (Å²) in [5.41, 5.74) is -0.842. The molecule has 0 aliphatic heterocycles. The molecule has 0 spiro atoms. The van der Waals surface area contributed by atoms with Crippen molar-refractivity contribution in [3.63, 3.8) is 0 Å². The molecule has 0 saturated carbocycles. The summed E-state index contributed by atoms with van der Waals surface area (Å²) >= 11 is 0. The molecule has 0 saturated heterocycles. The number of hydrogen-bond donors (Lipinski definition) is 4. The highest BCUT2D eigenvalue weighted by molar-refractivity contribution is 4.83. The van der Waals surface area contributed by atoms with Crippen molar-refractivity contribution >= 4 is 0 Å². The van der Waals surface area contributed by atoms with E-state index in [1.807, 2.05) is 20.8 Å². The maximum atomic E-state index is 10.7. The van der Waals surface area contributed by atoms with Crippen LogP contribution in [0.5, 0.6) is 0 Å². The van der Waals surface area contributed by atoms with E-state index in [2.05, 4.69) is 6.92 Å². The first-order valence-electron chi connectivity index (χ1n) is 8.48. The van der Waals surface area contributed by atoms with E-state index in [0.717, 1.165) is 25.7 Å². The van der Waals surface area contributed by atoms with Crippen LogP contribution < -0.4 is 0 Å². The summed E-state index contributed by atoms with van der Waals surface area (Å²) < 4.78 is 0. The van der Waals surface area contributed by atoms with Crippen LogP contribution in [0.25, 0.3) is 0 Å². The molecule has 0 rings (SSSR count). The lowest BCUT2D eigenvalue weighted by molar-refractivity contribution is -0.0262. The quantitative estimate of drug-likeness (QED) is 0.446. The third-order valence-electron chi connectivity index (χ3n) is 4.58. The van der Waals surface area contributed by atoms with Crippen molar-refractivity contribution in [3.05, 3.63) is 0 Å². The van der Waals surface area contributed by atoms with Gasteiger partial charge in [0.05, 0.1) is 17.8 Å². The van der Waals surface area contributed by atoms with Crippen LogP contribution in [0.4, 0.5) is 0 Å². The molecule has 0 heterocycles. The van der Waals surface area contributed by atoms with Crippen LogP contribution in [0.15, 0.2) is 0 Å². The van der Waals surface area contributed by atoms with Crippen LogP contribution in [0.1, 0.15) is 72.6 Å². The third-order valence-corrected chi connectivity index (χ3v) is 4.58. The molecule has 0 aromatic rings. The molecule has 4 nitrogen and oxygen atoms in total. The average molecular weight is 304 g/mol. The van der Waals surface area contributed by atoms with E-state index in [-0.39, 0.29) is 18.6 Å². The molecule has 4 heteroatoms. The fraction of sp³-hybridized carbons (Fsp3) is 1.00. The van der Waals surface area contributed by atoms with Crippen molar-refractivity contribution in [1.82, 2.24) is 0 Å². The predicted molar refractivity (Wildman–Crippen MR) is 86.0 cm³/mol. The van der Waals surface area contributed by atoms with E-state index < -0.39 is 11.7 Å². The maximum Gasteiger partial charge on any atom is 0.0626 e.